The van der Waals surface area contributed by atoms with Crippen LogP contribution in [0.4, 0.5) is 0 Å². The van der Waals surface area contributed by atoms with Crippen LogP contribution in [0.25, 0.3) is 0 Å². The Morgan fingerprint density at radius 2 is 1.09 bits per heavy atom. The Kier molecular flexibility index (Phi) is 36.2. The standard InChI is InChI=1S/C47H81N2O6P/c1-6-8-10-12-14-16-18-20-22-23-24-25-27-29-31-33-35-37-39-41-47(51)48-45(44-55-56(52,53)54-43-42-49(3,4)5)46(50)40-38-36-34-32-30-28-26-21-19-17-15-13-11-9-7-2/h8,10,14,16,20,22,24-25,29-32,35,37-38,40,45-46,50H,6-7,9,11-13,15,17-19,21,23,26-28,33-34,36,39,41-44H2,1-5H3,(H-,48,51,52,53)/p+1/b10-8-,16-14-,22-20-,25-24-,31-29-,32-30+,37-35-,40-38+. The Labute approximate surface area is 343 Å². The second kappa shape index (κ2) is 38.0. The van der Waals surface area contributed by atoms with E-state index in [1.165, 1.54) is 57.8 Å². The number of aliphatic hydroxyl groups excluding tert-OH is 1. The van der Waals surface area contributed by atoms with Crippen LogP contribution < -0.4 is 5.32 Å². The van der Waals surface area contributed by atoms with E-state index < -0.39 is 20.0 Å². The predicted octanol–water partition coefficient (Wildman–Crippen LogP) is 12.0. The molecule has 3 N–H and O–H groups in total. The van der Waals surface area contributed by atoms with Crippen LogP contribution in [0.15, 0.2) is 97.2 Å². The summed E-state index contributed by atoms with van der Waals surface area (Å²) in [5, 5.41) is 13.7. The molecule has 0 radical (unpaired) electrons. The summed E-state index contributed by atoms with van der Waals surface area (Å²) in [6.45, 7) is 4.58. The van der Waals surface area contributed by atoms with Gasteiger partial charge in [0.2, 0.25) is 5.91 Å². The van der Waals surface area contributed by atoms with E-state index in [9.17, 15) is 19.4 Å². The van der Waals surface area contributed by atoms with E-state index in [0.717, 1.165) is 57.8 Å². The van der Waals surface area contributed by atoms with Crippen molar-refractivity contribution in [2.45, 2.75) is 154 Å². The van der Waals surface area contributed by atoms with Gasteiger partial charge >= 0.3 is 7.82 Å². The molecule has 1 amide bonds. The number of amides is 1. The molecule has 320 valence electrons. The molecule has 0 aliphatic heterocycles. The largest absolute Gasteiger partial charge is 0.472 e. The van der Waals surface area contributed by atoms with E-state index in [0.29, 0.717) is 17.4 Å². The highest BCUT2D eigenvalue weighted by atomic mass is 31.2. The fourth-order valence-corrected chi connectivity index (χ4v) is 6.11. The van der Waals surface area contributed by atoms with E-state index in [2.05, 4.69) is 92.1 Å². The van der Waals surface area contributed by atoms with Crippen LogP contribution in [0.3, 0.4) is 0 Å². The third kappa shape index (κ3) is 39.6. The van der Waals surface area contributed by atoms with Gasteiger partial charge in [0, 0.05) is 6.42 Å². The maximum Gasteiger partial charge on any atom is 0.472 e. The van der Waals surface area contributed by atoms with Crippen LogP contribution in [0.5, 0.6) is 0 Å². The molecule has 0 aromatic rings. The SMILES string of the molecule is CC/C=C\C/C=C\C/C=C\C/C=C\C/C=C\C/C=C\CCC(=O)NC(COP(=O)(O)OCC[N+](C)(C)C)C(O)/C=C/CC/C=C/CCCCCCCCCCC. The van der Waals surface area contributed by atoms with Gasteiger partial charge in [0.15, 0.2) is 0 Å². The quantitative estimate of drug-likeness (QED) is 0.0250. The Balaban J connectivity index is 4.66. The minimum Gasteiger partial charge on any atom is -0.387 e. The van der Waals surface area contributed by atoms with Crippen LogP contribution in [0, 0.1) is 0 Å². The lowest BCUT2D eigenvalue weighted by Gasteiger charge is -2.25. The summed E-state index contributed by atoms with van der Waals surface area (Å²) in [6, 6.07) is -0.909. The van der Waals surface area contributed by atoms with Crippen molar-refractivity contribution in [3.63, 3.8) is 0 Å². The molecule has 3 unspecified atom stereocenters. The molecule has 0 rings (SSSR count). The summed E-state index contributed by atoms with van der Waals surface area (Å²) in [4.78, 5) is 23.0. The number of nitrogens with one attached hydrogen (secondary N) is 1. The zero-order chi connectivity index (χ0) is 41.4. The lowest BCUT2D eigenvalue weighted by Crippen LogP contribution is -2.45. The van der Waals surface area contributed by atoms with Gasteiger partial charge in [-0.2, -0.15) is 0 Å². The fraction of sp³-hybridized carbons (Fsp3) is 0.638. The Bertz CT molecular complexity index is 1230. The Hall–Kier alpha value is -2.58. The van der Waals surface area contributed by atoms with Gasteiger partial charge in [0.25, 0.3) is 0 Å². The van der Waals surface area contributed by atoms with Crippen LogP contribution in [0.2, 0.25) is 0 Å². The van der Waals surface area contributed by atoms with Crippen molar-refractivity contribution in [3.8, 4) is 0 Å². The number of likely N-dealkylation sites (N-methyl/N-ethyl adjacent to an activating group) is 1. The average molecular weight is 802 g/mol. The topological polar surface area (TPSA) is 105 Å². The molecule has 0 saturated carbocycles. The lowest BCUT2D eigenvalue weighted by molar-refractivity contribution is -0.870. The molecule has 3 atom stereocenters. The number of carbonyl (C=O) groups excluding carboxylic acids is 1. The van der Waals surface area contributed by atoms with E-state index in [1.807, 2.05) is 39.4 Å². The number of unbranched alkanes of at least 4 members (excludes halogenated alkanes) is 10. The van der Waals surface area contributed by atoms with Crippen molar-refractivity contribution in [2.75, 3.05) is 40.9 Å². The predicted molar refractivity (Wildman–Crippen MR) is 239 cm³/mol. The molecule has 0 aromatic carbocycles. The monoisotopic (exact) mass is 802 g/mol. The second-order valence-electron chi connectivity index (χ2n) is 15.3. The first-order valence-corrected chi connectivity index (χ1v) is 23.1. The van der Waals surface area contributed by atoms with Gasteiger partial charge in [-0.25, -0.2) is 4.57 Å². The average Bonchev–Trinajstić information content (AvgIpc) is 3.15. The number of phosphoric acid groups is 1. The molecule has 0 fully saturated rings. The van der Waals surface area contributed by atoms with E-state index in [4.69, 9.17) is 9.05 Å². The number of hydrogen-bond acceptors (Lipinski definition) is 5. The molecule has 56 heavy (non-hydrogen) atoms. The number of phosphoric ester groups is 1. The number of allylic oxidation sites excluding steroid dienone is 15. The molecule has 0 saturated heterocycles. The van der Waals surface area contributed by atoms with Crippen LogP contribution >= 0.6 is 7.82 Å². The summed E-state index contributed by atoms with van der Waals surface area (Å²) in [5.41, 5.74) is 0. The third-order valence-corrected chi connectivity index (χ3v) is 9.79. The number of carbonyl (C=O) groups is 1. The van der Waals surface area contributed by atoms with Gasteiger partial charge in [-0.05, 0) is 70.6 Å². The third-order valence-electron chi connectivity index (χ3n) is 8.80. The molecule has 0 aliphatic rings. The van der Waals surface area contributed by atoms with Crippen molar-refractivity contribution in [3.05, 3.63) is 97.2 Å². The molecule has 0 heterocycles. The minimum atomic E-state index is -4.37. The van der Waals surface area contributed by atoms with Crippen LogP contribution in [0.1, 0.15) is 142 Å². The van der Waals surface area contributed by atoms with Crippen molar-refractivity contribution >= 4 is 13.7 Å². The summed E-state index contributed by atoms with van der Waals surface area (Å²) >= 11 is 0. The highest BCUT2D eigenvalue weighted by molar-refractivity contribution is 7.47. The number of hydrogen-bond donors (Lipinski definition) is 3. The molecule has 0 aromatic heterocycles. The van der Waals surface area contributed by atoms with Crippen molar-refractivity contribution in [1.82, 2.24) is 5.32 Å². The molecular weight excluding hydrogens is 719 g/mol. The maximum atomic E-state index is 12.8. The first-order chi connectivity index (χ1) is 27.0. The zero-order valence-electron chi connectivity index (χ0n) is 36.1. The summed E-state index contributed by atoms with van der Waals surface area (Å²) in [5.74, 6) is -0.274. The van der Waals surface area contributed by atoms with Crippen molar-refractivity contribution in [1.29, 1.82) is 0 Å². The number of nitrogens with zero attached hydrogens (tertiary/aromatic N) is 1. The smallest absolute Gasteiger partial charge is 0.387 e. The van der Waals surface area contributed by atoms with Gasteiger partial charge in [-0.1, -0.05) is 162 Å². The second-order valence-corrected chi connectivity index (χ2v) is 16.8. The Morgan fingerprint density at radius 1 is 0.625 bits per heavy atom. The molecule has 0 spiro atoms. The van der Waals surface area contributed by atoms with E-state index in [1.54, 1.807) is 6.08 Å². The first-order valence-electron chi connectivity index (χ1n) is 21.6. The minimum absolute atomic E-state index is 0.0371. The van der Waals surface area contributed by atoms with Gasteiger partial charge in [-0.3, -0.25) is 13.8 Å². The highest BCUT2D eigenvalue weighted by Crippen LogP contribution is 2.43. The number of rotatable bonds is 37. The number of aliphatic hydroxyl groups is 1. The molecule has 8 nitrogen and oxygen atoms in total. The summed E-state index contributed by atoms with van der Waals surface area (Å²) in [6.07, 6.45) is 53.5. The van der Waals surface area contributed by atoms with Gasteiger partial charge < -0.3 is 19.8 Å². The Morgan fingerprint density at radius 3 is 1.62 bits per heavy atom. The molecule has 0 bridgehead atoms. The van der Waals surface area contributed by atoms with Crippen LogP contribution in [-0.4, -0.2) is 73.4 Å². The molecular formula is C47H82N2O6P+. The van der Waals surface area contributed by atoms with Crippen LogP contribution in [-0.2, 0) is 18.4 Å². The van der Waals surface area contributed by atoms with Gasteiger partial charge in [-0.15, -0.1) is 0 Å². The zero-order valence-corrected chi connectivity index (χ0v) is 37.0. The van der Waals surface area contributed by atoms with E-state index >= 15 is 0 Å². The van der Waals surface area contributed by atoms with Crippen molar-refractivity contribution in [2.24, 2.45) is 0 Å². The molecule has 9 heteroatoms. The lowest BCUT2D eigenvalue weighted by atomic mass is 10.1. The molecule has 0 aliphatic carbocycles. The van der Waals surface area contributed by atoms with E-state index in [-0.39, 0.29) is 25.5 Å². The summed E-state index contributed by atoms with van der Waals surface area (Å²) < 4.78 is 23.5. The van der Waals surface area contributed by atoms with Crippen molar-refractivity contribution < 1.29 is 32.9 Å². The van der Waals surface area contributed by atoms with Gasteiger partial charge in [0.1, 0.15) is 13.2 Å². The fourth-order valence-electron chi connectivity index (χ4n) is 5.37. The van der Waals surface area contributed by atoms with Gasteiger partial charge in [0.05, 0.1) is 39.9 Å². The number of quaternary nitrogens is 1. The highest BCUT2D eigenvalue weighted by Gasteiger charge is 2.27. The first kappa shape index (κ1) is 53.4. The normalized spacial score (nSPS) is 15.3. The maximum absolute atomic E-state index is 12.8. The summed E-state index contributed by atoms with van der Waals surface area (Å²) in [7, 11) is 1.49.